The number of carbonyl (C=O) groups excluding carboxylic acids is 3. The lowest BCUT2D eigenvalue weighted by Gasteiger charge is -2.39. The van der Waals surface area contributed by atoms with E-state index >= 15 is 0 Å². The first-order valence-electron chi connectivity index (χ1n) is 8.60. The highest BCUT2D eigenvalue weighted by atomic mass is 16.5. The van der Waals surface area contributed by atoms with E-state index in [4.69, 9.17) is 0 Å². The SMILES string of the molecule is CC.CC.CC.CC(=O)OCC(=O)N1CCN(C(C)=O)[C@@H](C)C1. The van der Waals surface area contributed by atoms with E-state index in [1.54, 1.807) is 9.80 Å². The second-order valence-electron chi connectivity index (χ2n) is 4.18. The zero-order chi connectivity index (χ0) is 19.0. The molecule has 6 heteroatoms. The molecule has 0 aromatic rings. The summed E-state index contributed by atoms with van der Waals surface area (Å²) in [5.41, 5.74) is 0. The molecule has 0 N–H and O–H groups in total. The van der Waals surface area contributed by atoms with E-state index in [0.717, 1.165) is 0 Å². The Hall–Kier alpha value is -1.59. The zero-order valence-electron chi connectivity index (χ0n) is 16.4. The summed E-state index contributed by atoms with van der Waals surface area (Å²) in [6.45, 7) is 18.0. The molecule has 1 aliphatic heterocycles. The molecule has 0 spiro atoms. The second-order valence-corrected chi connectivity index (χ2v) is 4.18. The maximum atomic E-state index is 11.7. The van der Waals surface area contributed by atoms with Gasteiger partial charge in [0, 0.05) is 39.5 Å². The van der Waals surface area contributed by atoms with Gasteiger partial charge < -0.3 is 14.5 Å². The lowest BCUT2D eigenvalue weighted by Crippen LogP contribution is -2.55. The summed E-state index contributed by atoms with van der Waals surface area (Å²) in [4.78, 5) is 36.9. The van der Waals surface area contributed by atoms with Crippen LogP contribution >= 0.6 is 0 Å². The molecule has 1 saturated heterocycles. The molecule has 0 unspecified atom stereocenters. The molecule has 0 saturated carbocycles. The van der Waals surface area contributed by atoms with Crippen molar-refractivity contribution in [2.45, 2.75) is 68.4 Å². The van der Waals surface area contributed by atoms with Gasteiger partial charge in [0.25, 0.3) is 5.91 Å². The average Bonchev–Trinajstić information content (AvgIpc) is 2.57. The number of piperazine rings is 1. The van der Waals surface area contributed by atoms with Crippen molar-refractivity contribution in [1.82, 2.24) is 9.80 Å². The minimum Gasteiger partial charge on any atom is -0.456 e. The van der Waals surface area contributed by atoms with Gasteiger partial charge in [-0.3, -0.25) is 14.4 Å². The van der Waals surface area contributed by atoms with Gasteiger partial charge in [0.1, 0.15) is 0 Å². The van der Waals surface area contributed by atoms with Crippen molar-refractivity contribution in [3.05, 3.63) is 0 Å². The lowest BCUT2D eigenvalue weighted by atomic mass is 10.2. The minimum atomic E-state index is -0.464. The highest BCUT2D eigenvalue weighted by Gasteiger charge is 2.28. The molecule has 0 radical (unpaired) electrons. The van der Waals surface area contributed by atoms with Gasteiger partial charge in [-0.15, -0.1) is 0 Å². The van der Waals surface area contributed by atoms with Gasteiger partial charge in [-0.25, -0.2) is 0 Å². The minimum absolute atomic E-state index is 0.00234. The highest BCUT2D eigenvalue weighted by molar-refractivity contribution is 5.80. The van der Waals surface area contributed by atoms with Crippen LogP contribution < -0.4 is 0 Å². The Morgan fingerprint density at radius 1 is 0.957 bits per heavy atom. The maximum absolute atomic E-state index is 11.7. The summed E-state index contributed by atoms with van der Waals surface area (Å²) in [7, 11) is 0. The van der Waals surface area contributed by atoms with Crippen LogP contribution in [0.5, 0.6) is 0 Å². The lowest BCUT2D eigenvalue weighted by molar-refractivity contribution is -0.152. The standard InChI is InChI=1S/C11H18N2O4.3C2H6/c1-8-6-12(4-5-13(8)9(2)14)11(16)7-17-10(3)15;3*1-2/h8H,4-7H2,1-3H3;3*1-2H3/t8-;;;/m0.../s1. The van der Waals surface area contributed by atoms with Crippen molar-refractivity contribution in [3.8, 4) is 0 Å². The number of rotatable bonds is 2. The number of carbonyl (C=O) groups is 3. The van der Waals surface area contributed by atoms with Gasteiger partial charge >= 0.3 is 5.97 Å². The smallest absolute Gasteiger partial charge is 0.303 e. The van der Waals surface area contributed by atoms with Crippen LogP contribution in [0.3, 0.4) is 0 Å². The number of ether oxygens (including phenoxy) is 1. The molecule has 6 nitrogen and oxygen atoms in total. The van der Waals surface area contributed by atoms with Crippen LogP contribution in [0, 0.1) is 0 Å². The molecule has 0 bridgehead atoms. The van der Waals surface area contributed by atoms with Crippen molar-refractivity contribution in [1.29, 1.82) is 0 Å². The Morgan fingerprint density at radius 3 is 1.78 bits per heavy atom. The van der Waals surface area contributed by atoms with Crippen molar-refractivity contribution < 1.29 is 19.1 Å². The van der Waals surface area contributed by atoms with Gasteiger partial charge in [0.05, 0.1) is 0 Å². The Kier molecular flexibility index (Phi) is 19.2. The van der Waals surface area contributed by atoms with Crippen molar-refractivity contribution >= 4 is 17.8 Å². The van der Waals surface area contributed by atoms with Gasteiger partial charge in [0.2, 0.25) is 5.91 Å². The predicted octanol–water partition coefficient (Wildman–Crippen LogP) is 2.71. The van der Waals surface area contributed by atoms with E-state index < -0.39 is 5.97 Å². The van der Waals surface area contributed by atoms with Gasteiger partial charge in [-0.05, 0) is 6.92 Å². The van der Waals surface area contributed by atoms with Crippen LogP contribution in [0.1, 0.15) is 62.3 Å². The van der Waals surface area contributed by atoms with Gasteiger partial charge in [-0.1, -0.05) is 41.5 Å². The van der Waals surface area contributed by atoms with Crippen molar-refractivity contribution in [2.75, 3.05) is 26.2 Å². The van der Waals surface area contributed by atoms with Gasteiger partial charge in [-0.2, -0.15) is 0 Å². The summed E-state index contributed by atoms with van der Waals surface area (Å²) in [6, 6.07) is 0.00234. The molecule has 0 aromatic heterocycles. The molecule has 0 aromatic carbocycles. The topological polar surface area (TPSA) is 66.9 Å². The molecular weight excluding hydrogens is 296 g/mol. The average molecular weight is 332 g/mol. The van der Waals surface area contributed by atoms with Crippen LogP contribution in [0.15, 0.2) is 0 Å². The predicted molar refractivity (Wildman–Crippen MR) is 94.1 cm³/mol. The molecule has 1 aliphatic rings. The molecule has 0 aliphatic carbocycles. The monoisotopic (exact) mass is 332 g/mol. The van der Waals surface area contributed by atoms with Crippen LogP contribution in [0.4, 0.5) is 0 Å². The molecule has 1 rings (SSSR count). The summed E-state index contributed by atoms with van der Waals surface area (Å²) in [5, 5.41) is 0. The van der Waals surface area contributed by atoms with E-state index in [0.29, 0.717) is 19.6 Å². The largest absolute Gasteiger partial charge is 0.456 e. The van der Waals surface area contributed by atoms with Gasteiger partial charge in [0.15, 0.2) is 6.61 Å². The number of hydrogen-bond donors (Lipinski definition) is 0. The van der Waals surface area contributed by atoms with Crippen LogP contribution in [-0.4, -0.2) is 59.9 Å². The first kappa shape index (κ1) is 26.3. The first-order valence-corrected chi connectivity index (χ1v) is 8.60. The molecule has 1 fully saturated rings. The summed E-state index contributed by atoms with van der Waals surface area (Å²) >= 11 is 0. The van der Waals surface area contributed by atoms with E-state index in [-0.39, 0.29) is 24.5 Å². The number of nitrogens with zero attached hydrogens (tertiary/aromatic N) is 2. The third kappa shape index (κ3) is 11.6. The van der Waals surface area contributed by atoms with Crippen LogP contribution in [-0.2, 0) is 19.1 Å². The summed E-state index contributed by atoms with van der Waals surface area (Å²) in [5.74, 6) is -0.659. The van der Waals surface area contributed by atoms with Crippen molar-refractivity contribution in [3.63, 3.8) is 0 Å². The van der Waals surface area contributed by atoms with E-state index in [2.05, 4.69) is 4.74 Å². The maximum Gasteiger partial charge on any atom is 0.303 e. The third-order valence-electron chi connectivity index (χ3n) is 2.78. The van der Waals surface area contributed by atoms with Crippen LogP contribution in [0.2, 0.25) is 0 Å². The molecule has 23 heavy (non-hydrogen) atoms. The quantitative estimate of drug-likeness (QED) is 0.729. The fourth-order valence-electron chi connectivity index (χ4n) is 1.91. The third-order valence-corrected chi connectivity index (χ3v) is 2.78. The zero-order valence-corrected chi connectivity index (χ0v) is 16.4. The van der Waals surface area contributed by atoms with Crippen LogP contribution in [0.25, 0.3) is 0 Å². The Bertz CT molecular complexity index is 333. The highest BCUT2D eigenvalue weighted by Crippen LogP contribution is 2.09. The molecule has 2 amide bonds. The van der Waals surface area contributed by atoms with E-state index in [1.165, 1.54) is 13.8 Å². The van der Waals surface area contributed by atoms with Crippen molar-refractivity contribution in [2.24, 2.45) is 0 Å². The molecule has 1 atom stereocenters. The second kappa shape index (κ2) is 16.8. The number of esters is 1. The number of hydrogen-bond acceptors (Lipinski definition) is 4. The fourth-order valence-corrected chi connectivity index (χ4v) is 1.91. The summed E-state index contributed by atoms with van der Waals surface area (Å²) in [6.07, 6.45) is 0. The normalized spacial score (nSPS) is 15.6. The summed E-state index contributed by atoms with van der Waals surface area (Å²) < 4.78 is 4.66. The molecular formula is C17H36N2O4. The Balaban J connectivity index is -0.000000595. The fraction of sp³-hybridized carbons (Fsp3) is 0.824. The molecule has 138 valence electrons. The van der Waals surface area contributed by atoms with E-state index in [1.807, 2.05) is 48.5 Å². The number of amides is 2. The Morgan fingerprint density at radius 2 is 1.43 bits per heavy atom. The molecule has 1 heterocycles. The first-order chi connectivity index (χ1) is 10.9. The van der Waals surface area contributed by atoms with E-state index in [9.17, 15) is 14.4 Å². The Labute approximate surface area is 142 Å².